The van der Waals surface area contributed by atoms with Gasteiger partial charge in [-0.25, -0.2) is 0 Å². The molecule has 0 aromatic rings. The van der Waals surface area contributed by atoms with Crippen molar-refractivity contribution in [2.24, 2.45) is 28.6 Å². The summed E-state index contributed by atoms with van der Waals surface area (Å²) >= 11 is 0. The first-order chi connectivity index (χ1) is 11.5. The molecule has 1 aliphatic heterocycles. The van der Waals surface area contributed by atoms with Gasteiger partial charge in [-0.1, -0.05) is 32.1 Å². The lowest BCUT2D eigenvalue weighted by atomic mass is 9.50. The van der Waals surface area contributed by atoms with Gasteiger partial charge in [0, 0.05) is 17.3 Å². The van der Waals surface area contributed by atoms with E-state index in [4.69, 9.17) is 9.47 Å². The van der Waals surface area contributed by atoms with Crippen molar-refractivity contribution in [3.63, 3.8) is 0 Å². The summed E-state index contributed by atoms with van der Waals surface area (Å²) in [5.74, 6) is 1.52. The van der Waals surface area contributed by atoms with Crippen molar-refractivity contribution in [1.29, 1.82) is 0 Å². The second-order valence-electron chi connectivity index (χ2n) is 8.71. The van der Waals surface area contributed by atoms with Crippen LogP contribution in [0.1, 0.15) is 39.5 Å². The van der Waals surface area contributed by atoms with Crippen LogP contribution in [0.2, 0.25) is 0 Å². The number of allylic oxidation sites excluding steroid dienone is 6. The average molecular weight is 326 g/mol. The van der Waals surface area contributed by atoms with E-state index in [2.05, 4.69) is 32.1 Å². The van der Waals surface area contributed by atoms with Crippen LogP contribution < -0.4 is 0 Å². The number of rotatable bonds is 0. The van der Waals surface area contributed by atoms with Gasteiger partial charge < -0.3 is 9.47 Å². The smallest absolute Gasteiger partial charge is 0.178 e. The largest absolute Gasteiger partial charge is 0.347 e. The lowest BCUT2D eigenvalue weighted by molar-refractivity contribution is -0.238. The third-order valence-corrected chi connectivity index (χ3v) is 7.91. The minimum absolute atomic E-state index is 0.00179. The van der Waals surface area contributed by atoms with Crippen LogP contribution in [0, 0.1) is 28.6 Å². The number of fused-ring (bicyclic) bond motifs is 6. The van der Waals surface area contributed by atoms with E-state index < -0.39 is 0 Å². The van der Waals surface area contributed by atoms with Gasteiger partial charge in [-0.3, -0.25) is 4.79 Å². The van der Waals surface area contributed by atoms with E-state index in [1.165, 1.54) is 18.4 Å². The number of carbonyl (C=O) groups is 1. The molecule has 1 saturated heterocycles. The van der Waals surface area contributed by atoms with Crippen LogP contribution in [0.4, 0.5) is 0 Å². The van der Waals surface area contributed by atoms with Gasteiger partial charge in [0.2, 0.25) is 0 Å². The molecular weight excluding hydrogens is 300 g/mol. The summed E-state index contributed by atoms with van der Waals surface area (Å²) < 4.78 is 12.4. The molecule has 24 heavy (non-hydrogen) atoms. The molecule has 0 aromatic carbocycles. The molecule has 3 nitrogen and oxygen atoms in total. The monoisotopic (exact) mass is 326 g/mol. The minimum atomic E-state index is -0.341. The topological polar surface area (TPSA) is 35.5 Å². The standard InChI is InChI=1S/C21H26O3/c1-19-8-5-15(22)13-14(19)3-4-16-17(19)6-9-20(2)18(16)7-10-21(20)23-11-12-24-21/h3-5,8,13,16-18H,6-7,9-12H2,1-2H3/t16?,17?,18?,19-,20-/m0/s1. The SMILES string of the molecule is C[C@]12C=CC(=O)C=C1C=CC1C2CC[C@@]2(C)C1CCC21OCCO1. The van der Waals surface area contributed by atoms with Gasteiger partial charge in [-0.05, 0) is 54.7 Å². The first-order valence-corrected chi connectivity index (χ1v) is 9.40. The molecule has 5 atom stereocenters. The molecule has 3 unspecified atom stereocenters. The average Bonchev–Trinajstić information content (AvgIpc) is 3.15. The molecule has 5 aliphatic rings. The Hall–Kier alpha value is -1.19. The first kappa shape index (κ1) is 15.1. The Morgan fingerprint density at radius 2 is 1.79 bits per heavy atom. The Labute approximate surface area is 143 Å². The van der Waals surface area contributed by atoms with E-state index in [1.54, 1.807) is 6.08 Å². The Kier molecular flexibility index (Phi) is 2.96. The number of ketones is 1. The molecule has 1 spiro atoms. The molecule has 3 fully saturated rings. The van der Waals surface area contributed by atoms with E-state index in [0.29, 0.717) is 17.8 Å². The first-order valence-electron chi connectivity index (χ1n) is 9.40. The summed E-state index contributed by atoms with van der Waals surface area (Å²) in [6.45, 7) is 6.19. The van der Waals surface area contributed by atoms with Crippen molar-refractivity contribution in [1.82, 2.24) is 0 Å². The van der Waals surface area contributed by atoms with Crippen LogP contribution in [-0.2, 0) is 14.3 Å². The summed E-state index contributed by atoms with van der Waals surface area (Å²) in [4.78, 5) is 11.8. The van der Waals surface area contributed by atoms with Crippen molar-refractivity contribution in [2.45, 2.75) is 45.3 Å². The number of hydrogen-bond donors (Lipinski definition) is 0. The molecule has 128 valence electrons. The molecule has 4 aliphatic carbocycles. The number of carbonyl (C=O) groups excluding carboxylic acids is 1. The fourth-order valence-corrected chi connectivity index (χ4v) is 6.54. The predicted octanol–water partition coefficient (Wildman–Crippen LogP) is 3.81. The Morgan fingerprint density at radius 3 is 2.58 bits per heavy atom. The fourth-order valence-electron chi connectivity index (χ4n) is 6.54. The highest BCUT2D eigenvalue weighted by atomic mass is 16.7. The van der Waals surface area contributed by atoms with Crippen molar-refractivity contribution in [2.75, 3.05) is 13.2 Å². The lowest BCUT2D eigenvalue weighted by Crippen LogP contribution is -2.53. The maximum absolute atomic E-state index is 11.8. The molecule has 3 heteroatoms. The zero-order valence-corrected chi connectivity index (χ0v) is 14.6. The summed E-state index contributed by atoms with van der Waals surface area (Å²) in [6.07, 6.45) is 14.9. The fraction of sp³-hybridized carbons (Fsp3) is 0.667. The van der Waals surface area contributed by atoms with Crippen molar-refractivity contribution < 1.29 is 14.3 Å². The highest BCUT2D eigenvalue weighted by Crippen LogP contribution is 2.67. The van der Waals surface area contributed by atoms with E-state index in [9.17, 15) is 4.79 Å². The molecule has 0 bridgehead atoms. The minimum Gasteiger partial charge on any atom is -0.347 e. The second kappa shape index (κ2) is 4.70. The molecule has 2 saturated carbocycles. The zero-order chi connectivity index (χ0) is 16.6. The number of hydrogen-bond acceptors (Lipinski definition) is 3. The molecular formula is C21H26O3. The summed E-state index contributed by atoms with van der Waals surface area (Å²) in [7, 11) is 0. The van der Waals surface area contributed by atoms with Gasteiger partial charge in [0.15, 0.2) is 11.6 Å². The second-order valence-corrected chi connectivity index (χ2v) is 8.71. The van der Waals surface area contributed by atoms with Gasteiger partial charge in [0.05, 0.1) is 13.2 Å². The molecule has 0 aromatic heterocycles. The maximum atomic E-state index is 11.8. The van der Waals surface area contributed by atoms with Gasteiger partial charge in [-0.2, -0.15) is 0 Å². The van der Waals surface area contributed by atoms with E-state index in [1.807, 2.05) is 6.08 Å². The molecule has 0 radical (unpaired) electrons. The lowest BCUT2D eigenvalue weighted by Gasteiger charge is -2.56. The van der Waals surface area contributed by atoms with Crippen LogP contribution in [0.5, 0.6) is 0 Å². The van der Waals surface area contributed by atoms with Gasteiger partial charge in [0.1, 0.15) is 0 Å². The maximum Gasteiger partial charge on any atom is 0.178 e. The van der Waals surface area contributed by atoms with E-state index in [-0.39, 0.29) is 22.4 Å². The molecule has 0 N–H and O–H groups in total. The third-order valence-electron chi connectivity index (χ3n) is 7.91. The molecule has 5 rings (SSSR count). The highest BCUT2D eigenvalue weighted by Gasteiger charge is 2.66. The van der Waals surface area contributed by atoms with Crippen LogP contribution in [-0.4, -0.2) is 24.8 Å². The van der Waals surface area contributed by atoms with Crippen LogP contribution in [0.25, 0.3) is 0 Å². The van der Waals surface area contributed by atoms with Gasteiger partial charge >= 0.3 is 0 Å². The zero-order valence-electron chi connectivity index (χ0n) is 14.6. The van der Waals surface area contributed by atoms with Crippen LogP contribution in [0.3, 0.4) is 0 Å². The van der Waals surface area contributed by atoms with Crippen molar-refractivity contribution >= 4 is 5.78 Å². The van der Waals surface area contributed by atoms with Crippen LogP contribution >= 0.6 is 0 Å². The summed E-state index contributed by atoms with van der Waals surface area (Å²) in [5.41, 5.74) is 1.31. The third kappa shape index (κ3) is 1.68. The van der Waals surface area contributed by atoms with E-state index in [0.717, 1.165) is 26.1 Å². The molecule has 1 heterocycles. The molecule has 0 amide bonds. The summed E-state index contributed by atoms with van der Waals surface area (Å²) in [5, 5.41) is 0. The van der Waals surface area contributed by atoms with Crippen molar-refractivity contribution in [3.8, 4) is 0 Å². The predicted molar refractivity (Wildman–Crippen MR) is 91.2 cm³/mol. The normalized spacial score (nSPS) is 48.2. The summed E-state index contributed by atoms with van der Waals surface area (Å²) in [6, 6.07) is 0. The Bertz CT molecular complexity index is 681. The highest BCUT2D eigenvalue weighted by molar-refractivity contribution is 6.01. The van der Waals surface area contributed by atoms with Gasteiger partial charge in [0.25, 0.3) is 0 Å². The van der Waals surface area contributed by atoms with Gasteiger partial charge in [-0.15, -0.1) is 0 Å². The quantitative estimate of drug-likeness (QED) is 0.679. The van der Waals surface area contributed by atoms with Crippen LogP contribution in [0.15, 0.2) is 36.0 Å². The number of ether oxygens (including phenoxy) is 2. The van der Waals surface area contributed by atoms with Crippen molar-refractivity contribution in [3.05, 3.63) is 36.0 Å². The van der Waals surface area contributed by atoms with E-state index >= 15 is 0 Å². The Balaban J connectivity index is 1.55. The Morgan fingerprint density at radius 1 is 1.04 bits per heavy atom.